The van der Waals surface area contributed by atoms with E-state index in [0.29, 0.717) is 13.1 Å². The molecule has 0 saturated carbocycles. The SMILES string of the molecule is CC(C)(C)OC(=O)N1CCN(c2cncc(-c3ccc4ncccc4c3)c2)CC1. The smallest absolute Gasteiger partial charge is 0.410 e. The van der Waals surface area contributed by atoms with Crippen LogP contribution < -0.4 is 4.90 Å². The van der Waals surface area contributed by atoms with Gasteiger partial charge in [-0.2, -0.15) is 0 Å². The van der Waals surface area contributed by atoms with E-state index in [1.807, 2.05) is 45.3 Å². The molecule has 0 unspecified atom stereocenters. The Labute approximate surface area is 171 Å². The Bertz CT molecular complexity index is 1020. The fourth-order valence-corrected chi connectivity index (χ4v) is 3.49. The van der Waals surface area contributed by atoms with Crippen LogP contribution in [-0.2, 0) is 4.74 Å². The number of anilines is 1. The number of pyridine rings is 2. The summed E-state index contributed by atoms with van der Waals surface area (Å²) in [5, 5.41) is 1.11. The summed E-state index contributed by atoms with van der Waals surface area (Å²) in [5.74, 6) is 0. The van der Waals surface area contributed by atoms with Crippen molar-refractivity contribution in [3.05, 3.63) is 55.0 Å². The third kappa shape index (κ3) is 4.47. The van der Waals surface area contributed by atoms with E-state index in [1.54, 1.807) is 11.1 Å². The number of piperazine rings is 1. The van der Waals surface area contributed by atoms with Crippen molar-refractivity contribution >= 4 is 22.7 Å². The molecule has 1 aliphatic heterocycles. The van der Waals surface area contributed by atoms with Crippen LogP contribution in [0, 0.1) is 0 Å². The Balaban J connectivity index is 1.47. The van der Waals surface area contributed by atoms with Crippen molar-refractivity contribution in [3.8, 4) is 11.1 Å². The summed E-state index contributed by atoms with van der Waals surface area (Å²) in [6, 6.07) is 12.4. The number of hydrogen-bond acceptors (Lipinski definition) is 5. The lowest BCUT2D eigenvalue weighted by Gasteiger charge is -2.36. The summed E-state index contributed by atoms with van der Waals surface area (Å²) in [5.41, 5.74) is 3.77. The summed E-state index contributed by atoms with van der Waals surface area (Å²) >= 11 is 0. The molecule has 6 nitrogen and oxygen atoms in total. The topological polar surface area (TPSA) is 58.6 Å². The second-order valence-electron chi connectivity index (χ2n) is 8.30. The first-order chi connectivity index (χ1) is 13.9. The molecule has 2 aromatic heterocycles. The van der Waals surface area contributed by atoms with Gasteiger partial charge in [0.2, 0.25) is 0 Å². The zero-order chi connectivity index (χ0) is 20.4. The molecule has 1 aromatic carbocycles. The summed E-state index contributed by atoms with van der Waals surface area (Å²) in [7, 11) is 0. The Kier molecular flexibility index (Phi) is 5.09. The van der Waals surface area contributed by atoms with Gasteiger partial charge < -0.3 is 14.5 Å². The highest BCUT2D eigenvalue weighted by Gasteiger charge is 2.26. The van der Waals surface area contributed by atoms with E-state index in [2.05, 4.69) is 39.1 Å². The van der Waals surface area contributed by atoms with Crippen LogP contribution in [0.3, 0.4) is 0 Å². The summed E-state index contributed by atoms with van der Waals surface area (Å²) in [4.78, 5) is 25.1. The number of benzene rings is 1. The van der Waals surface area contributed by atoms with Crippen molar-refractivity contribution in [2.45, 2.75) is 26.4 Å². The summed E-state index contributed by atoms with van der Waals surface area (Å²) < 4.78 is 5.48. The van der Waals surface area contributed by atoms with Crippen LogP contribution in [-0.4, -0.2) is 52.7 Å². The van der Waals surface area contributed by atoms with E-state index in [1.165, 1.54) is 0 Å². The molecular weight excluding hydrogens is 364 g/mol. The van der Waals surface area contributed by atoms with Crippen molar-refractivity contribution in [3.63, 3.8) is 0 Å². The lowest BCUT2D eigenvalue weighted by Crippen LogP contribution is -2.50. The predicted octanol–water partition coefficient (Wildman–Crippen LogP) is 4.35. The zero-order valence-corrected chi connectivity index (χ0v) is 17.1. The normalized spacial score (nSPS) is 14.9. The quantitative estimate of drug-likeness (QED) is 0.651. The lowest BCUT2D eigenvalue weighted by molar-refractivity contribution is 0.0240. The van der Waals surface area contributed by atoms with E-state index in [-0.39, 0.29) is 6.09 Å². The maximum atomic E-state index is 12.3. The van der Waals surface area contributed by atoms with Gasteiger partial charge in [-0.1, -0.05) is 12.1 Å². The van der Waals surface area contributed by atoms with Crippen molar-refractivity contribution in [1.29, 1.82) is 0 Å². The van der Waals surface area contributed by atoms with Crippen LogP contribution in [0.1, 0.15) is 20.8 Å². The van der Waals surface area contributed by atoms with Gasteiger partial charge in [0.05, 0.1) is 17.4 Å². The third-order valence-electron chi connectivity index (χ3n) is 4.96. The first-order valence-electron chi connectivity index (χ1n) is 9.92. The highest BCUT2D eigenvalue weighted by Crippen LogP contribution is 2.27. The van der Waals surface area contributed by atoms with E-state index in [9.17, 15) is 4.79 Å². The van der Waals surface area contributed by atoms with Crippen molar-refractivity contribution in [2.24, 2.45) is 0 Å². The number of hydrogen-bond donors (Lipinski definition) is 0. The largest absolute Gasteiger partial charge is 0.444 e. The molecule has 0 radical (unpaired) electrons. The molecule has 0 spiro atoms. The van der Waals surface area contributed by atoms with Gasteiger partial charge in [0, 0.05) is 49.5 Å². The second kappa shape index (κ2) is 7.70. The number of amides is 1. The Hall–Kier alpha value is -3.15. The van der Waals surface area contributed by atoms with Gasteiger partial charge in [-0.05, 0) is 50.6 Å². The highest BCUT2D eigenvalue weighted by molar-refractivity contribution is 5.84. The number of ether oxygens (including phenoxy) is 1. The first kappa shape index (κ1) is 19.2. The zero-order valence-electron chi connectivity index (χ0n) is 17.1. The van der Waals surface area contributed by atoms with Crippen LogP contribution in [0.15, 0.2) is 55.0 Å². The Morgan fingerprint density at radius 1 is 1.00 bits per heavy atom. The minimum absolute atomic E-state index is 0.242. The molecule has 150 valence electrons. The molecule has 1 fully saturated rings. The Morgan fingerprint density at radius 3 is 2.55 bits per heavy atom. The third-order valence-corrected chi connectivity index (χ3v) is 4.96. The standard InChI is InChI=1S/C23H26N4O2/c1-23(2,3)29-22(28)27-11-9-26(10-12-27)20-14-19(15-24-16-20)17-6-7-21-18(13-17)5-4-8-25-21/h4-8,13-16H,9-12H2,1-3H3. The average Bonchev–Trinajstić information content (AvgIpc) is 2.72. The maximum absolute atomic E-state index is 12.3. The molecule has 0 bridgehead atoms. The van der Waals surface area contributed by atoms with Gasteiger partial charge in [0.25, 0.3) is 0 Å². The number of carbonyl (C=O) groups is 1. The monoisotopic (exact) mass is 390 g/mol. The number of rotatable bonds is 2. The molecular formula is C23H26N4O2. The van der Waals surface area contributed by atoms with Crippen LogP contribution >= 0.6 is 0 Å². The molecule has 0 aliphatic carbocycles. The van der Waals surface area contributed by atoms with Crippen molar-refractivity contribution in [1.82, 2.24) is 14.9 Å². The van der Waals surface area contributed by atoms with Gasteiger partial charge in [0.1, 0.15) is 5.60 Å². The van der Waals surface area contributed by atoms with Gasteiger partial charge in [-0.3, -0.25) is 9.97 Å². The van der Waals surface area contributed by atoms with Crippen LogP contribution in [0.5, 0.6) is 0 Å². The predicted molar refractivity (Wildman–Crippen MR) is 115 cm³/mol. The van der Waals surface area contributed by atoms with E-state index in [0.717, 1.165) is 40.8 Å². The average molecular weight is 390 g/mol. The molecule has 1 saturated heterocycles. The first-order valence-corrected chi connectivity index (χ1v) is 9.92. The lowest BCUT2D eigenvalue weighted by atomic mass is 10.0. The van der Waals surface area contributed by atoms with Gasteiger partial charge >= 0.3 is 6.09 Å². The number of fused-ring (bicyclic) bond motifs is 1. The maximum Gasteiger partial charge on any atom is 0.410 e. The minimum atomic E-state index is -0.470. The van der Waals surface area contributed by atoms with Crippen LogP contribution in [0.25, 0.3) is 22.0 Å². The molecule has 29 heavy (non-hydrogen) atoms. The molecule has 4 rings (SSSR count). The number of nitrogens with zero attached hydrogens (tertiary/aromatic N) is 4. The molecule has 0 N–H and O–H groups in total. The van der Waals surface area contributed by atoms with Crippen molar-refractivity contribution in [2.75, 3.05) is 31.1 Å². The number of carbonyl (C=O) groups excluding carboxylic acids is 1. The highest BCUT2D eigenvalue weighted by atomic mass is 16.6. The van der Waals surface area contributed by atoms with Crippen LogP contribution in [0.2, 0.25) is 0 Å². The van der Waals surface area contributed by atoms with E-state index >= 15 is 0 Å². The molecule has 3 heterocycles. The fraction of sp³-hybridized carbons (Fsp3) is 0.348. The van der Waals surface area contributed by atoms with Gasteiger partial charge in [-0.25, -0.2) is 4.79 Å². The fourth-order valence-electron chi connectivity index (χ4n) is 3.49. The second-order valence-corrected chi connectivity index (χ2v) is 8.30. The molecule has 6 heteroatoms. The molecule has 1 amide bonds. The van der Waals surface area contributed by atoms with E-state index < -0.39 is 5.60 Å². The molecule has 0 atom stereocenters. The minimum Gasteiger partial charge on any atom is -0.444 e. The summed E-state index contributed by atoms with van der Waals surface area (Å²) in [6.07, 6.45) is 5.34. The van der Waals surface area contributed by atoms with Crippen molar-refractivity contribution < 1.29 is 9.53 Å². The molecule has 3 aromatic rings. The summed E-state index contributed by atoms with van der Waals surface area (Å²) in [6.45, 7) is 8.46. The van der Waals surface area contributed by atoms with Gasteiger partial charge in [0.15, 0.2) is 0 Å². The molecule has 1 aliphatic rings. The van der Waals surface area contributed by atoms with Crippen LogP contribution in [0.4, 0.5) is 10.5 Å². The van der Waals surface area contributed by atoms with E-state index in [4.69, 9.17) is 4.74 Å². The Morgan fingerprint density at radius 2 is 1.79 bits per heavy atom. The van der Waals surface area contributed by atoms with Gasteiger partial charge in [-0.15, -0.1) is 0 Å². The number of aromatic nitrogens is 2.